The highest BCUT2D eigenvalue weighted by molar-refractivity contribution is 5.93. The second-order valence-corrected chi connectivity index (χ2v) is 9.02. The molecule has 3 aliphatic heterocycles. The van der Waals surface area contributed by atoms with Gasteiger partial charge in [0, 0.05) is 43.5 Å². The Labute approximate surface area is 178 Å². The van der Waals surface area contributed by atoms with Crippen molar-refractivity contribution in [3.05, 3.63) is 53.7 Å². The zero-order chi connectivity index (χ0) is 20.7. The predicted octanol–water partition coefficient (Wildman–Crippen LogP) is 3.24. The van der Waals surface area contributed by atoms with Gasteiger partial charge in [-0.3, -0.25) is 9.69 Å². The fraction of sp³-hybridized carbons (Fsp3) is 0.500. The number of piperidine rings is 3. The van der Waals surface area contributed by atoms with Crippen molar-refractivity contribution < 1.29 is 9.53 Å². The molecular formula is C24H30N4O2. The second-order valence-electron chi connectivity index (χ2n) is 9.02. The number of nitrogens with zero attached hydrogens (tertiary/aromatic N) is 3. The van der Waals surface area contributed by atoms with Crippen LogP contribution in [0.4, 0.5) is 5.82 Å². The number of benzene rings is 1. The highest BCUT2D eigenvalue weighted by Crippen LogP contribution is 2.45. The SMILES string of the molecule is COc1ccc([C@H]2CCC[C@H]3[C@@H]4C[C@@H](CN(c5cc(C(N)=O)ccn5)C4)CN23)cc1. The summed E-state index contributed by atoms with van der Waals surface area (Å²) in [5.41, 5.74) is 7.43. The Hall–Kier alpha value is -2.60. The first kappa shape index (κ1) is 19.4. The minimum Gasteiger partial charge on any atom is -0.497 e. The average molecular weight is 407 g/mol. The minimum absolute atomic E-state index is 0.392. The first-order valence-electron chi connectivity index (χ1n) is 11.0. The topological polar surface area (TPSA) is 71.7 Å². The molecule has 30 heavy (non-hydrogen) atoms. The number of ether oxygens (including phenoxy) is 1. The molecule has 158 valence electrons. The second kappa shape index (κ2) is 7.91. The summed E-state index contributed by atoms with van der Waals surface area (Å²) in [5, 5.41) is 0. The molecule has 0 spiro atoms. The monoisotopic (exact) mass is 406 g/mol. The van der Waals surface area contributed by atoms with E-state index in [1.165, 1.54) is 31.2 Å². The third-order valence-corrected chi connectivity index (χ3v) is 7.24. The number of carbonyl (C=O) groups is 1. The summed E-state index contributed by atoms with van der Waals surface area (Å²) < 4.78 is 5.35. The molecule has 3 saturated heterocycles. The first-order chi connectivity index (χ1) is 14.6. The van der Waals surface area contributed by atoms with Crippen LogP contribution >= 0.6 is 0 Å². The molecule has 3 aliphatic rings. The van der Waals surface area contributed by atoms with E-state index in [9.17, 15) is 4.79 Å². The minimum atomic E-state index is -0.392. The first-order valence-corrected chi connectivity index (χ1v) is 11.0. The Morgan fingerprint density at radius 2 is 1.97 bits per heavy atom. The van der Waals surface area contributed by atoms with E-state index in [2.05, 4.69) is 39.0 Å². The standard InChI is InChI=1S/C24H30N4O2/c1-30-20-7-5-17(6-8-20)21-3-2-4-22-19-11-16(14-28(21)22)13-27(15-19)23-12-18(24(25)29)9-10-26-23/h5-10,12,16,19,21-22H,2-4,11,13-15H2,1H3,(H2,25,29)/t16-,19+,21+,22-/m0/s1. The van der Waals surface area contributed by atoms with E-state index >= 15 is 0 Å². The quantitative estimate of drug-likeness (QED) is 0.844. The number of anilines is 1. The number of pyridine rings is 1. The van der Waals surface area contributed by atoms with Gasteiger partial charge >= 0.3 is 0 Å². The van der Waals surface area contributed by atoms with E-state index in [1.54, 1.807) is 19.4 Å². The van der Waals surface area contributed by atoms with E-state index in [4.69, 9.17) is 10.5 Å². The Balaban J connectivity index is 1.36. The molecule has 4 heterocycles. The van der Waals surface area contributed by atoms with E-state index < -0.39 is 5.91 Å². The molecule has 6 heteroatoms. The van der Waals surface area contributed by atoms with Gasteiger partial charge in [0.2, 0.25) is 5.91 Å². The van der Waals surface area contributed by atoms with Crippen LogP contribution in [0.25, 0.3) is 0 Å². The van der Waals surface area contributed by atoms with E-state index in [0.29, 0.717) is 29.5 Å². The maximum atomic E-state index is 11.6. The average Bonchev–Trinajstić information content (AvgIpc) is 2.79. The van der Waals surface area contributed by atoms with Crippen molar-refractivity contribution in [2.45, 2.75) is 37.8 Å². The normalized spacial score (nSPS) is 28.6. The fourth-order valence-electron chi connectivity index (χ4n) is 5.92. The summed E-state index contributed by atoms with van der Waals surface area (Å²) in [6.45, 7) is 3.12. The van der Waals surface area contributed by atoms with Gasteiger partial charge in [-0.15, -0.1) is 0 Å². The molecule has 1 amide bonds. The van der Waals surface area contributed by atoms with Gasteiger partial charge in [0.25, 0.3) is 0 Å². The number of nitrogens with two attached hydrogens (primary N) is 1. The maximum Gasteiger partial charge on any atom is 0.248 e. The Morgan fingerprint density at radius 3 is 2.73 bits per heavy atom. The van der Waals surface area contributed by atoms with Crippen LogP contribution in [-0.2, 0) is 0 Å². The van der Waals surface area contributed by atoms with E-state index in [0.717, 1.165) is 31.2 Å². The van der Waals surface area contributed by atoms with Gasteiger partial charge in [-0.2, -0.15) is 0 Å². The van der Waals surface area contributed by atoms with E-state index in [-0.39, 0.29) is 0 Å². The van der Waals surface area contributed by atoms with Gasteiger partial charge in [-0.1, -0.05) is 12.1 Å². The molecule has 3 fully saturated rings. The summed E-state index contributed by atoms with van der Waals surface area (Å²) in [6.07, 6.45) is 6.77. The molecule has 0 radical (unpaired) electrons. The molecule has 0 saturated carbocycles. The molecule has 5 rings (SSSR count). The summed E-state index contributed by atoms with van der Waals surface area (Å²) >= 11 is 0. The highest BCUT2D eigenvalue weighted by atomic mass is 16.5. The molecule has 2 bridgehead atoms. The summed E-state index contributed by atoms with van der Waals surface area (Å²) in [6, 6.07) is 13.3. The van der Waals surface area contributed by atoms with Gasteiger partial charge in [-0.25, -0.2) is 4.98 Å². The smallest absolute Gasteiger partial charge is 0.248 e. The van der Waals surface area contributed by atoms with Crippen molar-refractivity contribution in [2.75, 3.05) is 31.6 Å². The Kier molecular flexibility index (Phi) is 5.11. The third-order valence-electron chi connectivity index (χ3n) is 7.24. The van der Waals surface area contributed by atoms with Crippen LogP contribution < -0.4 is 15.4 Å². The van der Waals surface area contributed by atoms with Gasteiger partial charge < -0.3 is 15.4 Å². The number of hydrogen-bond donors (Lipinski definition) is 1. The molecular weight excluding hydrogens is 376 g/mol. The molecule has 1 aromatic carbocycles. The molecule has 2 aromatic rings. The van der Waals surface area contributed by atoms with Crippen molar-refractivity contribution in [3.8, 4) is 5.75 Å². The van der Waals surface area contributed by atoms with Crippen LogP contribution in [0.5, 0.6) is 5.75 Å². The Morgan fingerprint density at radius 1 is 1.13 bits per heavy atom. The van der Waals surface area contributed by atoms with Crippen LogP contribution in [0.15, 0.2) is 42.6 Å². The lowest BCUT2D eigenvalue weighted by Crippen LogP contribution is -2.59. The van der Waals surface area contributed by atoms with Gasteiger partial charge in [0.1, 0.15) is 11.6 Å². The van der Waals surface area contributed by atoms with Crippen LogP contribution in [-0.4, -0.2) is 48.6 Å². The number of amides is 1. The lowest BCUT2D eigenvalue weighted by molar-refractivity contribution is -0.0201. The van der Waals surface area contributed by atoms with Crippen molar-refractivity contribution in [1.29, 1.82) is 0 Å². The number of carbonyl (C=O) groups excluding carboxylic acids is 1. The molecule has 1 aromatic heterocycles. The lowest BCUT2D eigenvalue weighted by atomic mass is 9.74. The number of hydrogen-bond acceptors (Lipinski definition) is 5. The number of aromatic nitrogens is 1. The highest BCUT2D eigenvalue weighted by Gasteiger charge is 2.45. The fourth-order valence-corrected chi connectivity index (χ4v) is 5.92. The van der Waals surface area contributed by atoms with Crippen LogP contribution in [0.1, 0.15) is 47.6 Å². The zero-order valence-corrected chi connectivity index (χ0v) is 17.5. The number of methoxy groups -OCH3 is 1. The predicted molar refractivity (Wildman–Crippen MR) is 117 cm³/mol. The van der Waals surface area contributed by atoms with Crippen LogP contribution in [0.3, 0.4) is 0 Å². The van der Waals surface area contributed by atoms with E-state index in [1.807, 2.05) is 6.07 Å². The van der Waals surface area contributed by atoms with Crippen LogP contribution in [0.2, 0.25) is 0 Å². The number of primary amides is 1. The molecule has 0 aliphatic carbocycles. The molecule has 0 unspecified atom stereocenters. The van der Waals surface area contributed by atoms with Gasteiger partial charge in [-0.05, 0) is 67.3 Å². The summed E-state index contributed by atoms with van der Waals surface area (Å²) in [7, 11) is 1.72. The van der Waals surface area contributed by atoms with Crippen molar-refractivity contribution >= 4 is 11.7 Å². The Bertz CT molecular complexity index is 916. The molecule has 6 nitrogen and oxygen atoms in total. The lowest BCUT2D eigenvalue weighted by Gasteiger charge is -2.55. The number of fused-ring (bicyclic) bond motifs is 4. The maximum absolute atomic E-state index is 11.6. The van der Waals surface area contributed by atoms with Gasteiger partial charge in [0.15, 0.2) is 0 Å². The molecule has 4 atom stereocenters. The van der Waals surface area contributed by atoms with Crippen LogP contribution in [0, 0.1) is 11.8 Å². The number of rotatable bonds is 4. The van der Waals surface area contributed by atoms with Crippen molar-refractivity contribution in [3.63, 3.8) is 0 Å². The summed E-state index contributed by atoms with van der Waals surface area (Å²) in [5.74, 6) is 2.67. The van der Waals surface area contributed by atoms with Crippen molar-refractivity contribution in [1.82, 2.24) is 9.88 Å². The van der Waals surface area contributed by atoms with Gasteiger partial charge in [0.05, 0.1) is 7.11 Å². The summed E-state index contributed by atoms with van der Waals surface area (Å²) in [4.78, 5) is 21.3. The van der Waals surface area contributed by atoms with Crippen molar-refractivity contribution in [2.24, 2.45) is 17.6 Å². The molecule has 2 N–H and O–H groups in total. The largest absolute Gasteiger partial charge is 0.497 e. The third kappa shape index (κ3) is 3.54. The zero-order valence-electron chi connectivity index (χ0n) is 17.5.